The molecule has 0 heterocycles. The highest BCUT2D eigenvalue weighted by molar-refractivity contribution is 7.98. The van der Waals surface area contributed by atoms with E-state index >= 15 is 0 Å². The van der Waals surface area contributed by atoms with E-state index in [1.165, 1.54) is 35.8 Å². The number of ether oxygens (including phenoxy) is 1. The Hall–Kier alpha value is -3.21. The smallest absolute Gasteiger partial charge is 0.264 e. The number of benzene rings is 3. The van der Waals surface area contributed by atoms with Crippen LogP contribution in [0.2, 0.25) is 5.02 Å². The largest absolute Gasteiger partial charge is 0.492 e. The number of hydrogen-bond acceptors (Lipinski definition) is 6. The van der Waals surface area contributed by atoms with Crippen LogP contribution in [-0.4, -0.2) is 57.6 Å². The molecule has 39 heavy (non-hydrogen) atoms. The van der Waals surface area contributed by atoms with Crippen LogP contribution >= 0.6 is 23.4 Å². The Morgan fingerprint density at radius 1 is 1.05 bits per heavy atom. The number of thioether (sulfide) groups is 1. The van der Waals surface area contributed by atoms with Crippen molar-refractivity contribution in [1.29, 1.82) is 0 Å². The molecule has 11 heteroatoms. The van der Waals surface area contributed by atoms with Gasteiger partial charge >= 0.3 is 0 Å². The van der Waals surface area contributed by atoms with Gasteiger partial charge in [0.15, 0.2) is 0 Å². The number of hydrogen-bond donors (Lipinski definition) is 1. The number of likely N-dealkylation sites (N-methyl/N-ethyl adjacent to an activating group) is 1. The topological polar surface area (TPSA) is 96.0 Å². The van der Waals surface area contributed by atoms with Crippen LogP contribution in [0.25, 0.3) is 0 Å². The van der Waals surface area contributed by atoms with Gasteiger partial charge in [-0.2, -0.15) is 0 Å². The average molecular weight is 590 g/mol. The van der Waals surface area contributed by atoms with Crippen molar-refractivity contribution >= 4 is 50.9 Å². The van der Waals surface area contributed by atoms with Gasteiger partial charge in [0, 0.05) is 23.5 Å². The molecule has 0 aromatic heterocycles. The molecule has 8 nitrogen and oxygen atoms in total. The standard InChI is InChI=1S/C28H32ClN3O5S2/c1-5-37-26-12-7-6-11-25(26)32(39(35,36)24-15-13-23(38-4)14-16-24)19-27(33)31(20(2)28(34)30-3)18-21-9-8-10-22(29)17-21/h6-17,20H,5,18-19H2,1-4H3,(H,30,34). The Labute approximate surface area is 239 Å². The Kier molecular flexibility index (Phi) is 10.7. The Balaban J connectivity index is 2.09. The molecule has 3 aromatic carbocycles. The van der Waals surface area contributed by atoms with E-state index in [0.29, 0.717) is 22.9 Å². The van der Waals surface area contributed by atoms with Crippen LogP contribution in [0.15, 0.2) is 82.6 Å². The number of nitrogens with zero attached hydrogens (tertiary/aromatic N) is 2. The van der Waals surface area contributed by atoms with Crippen molar-refractivity contribution in [3.63, 3.8) is 0 Å². The first-order valence-electron chi connectivity index (χ1n) is 12.3. The van der Waals surface area contributed by atoms with Crippen LogP contribution in [-0.2, 0) is 26.2 Å². The second-order valence-corrected chi connectivity index (χ2v) is 11.7. The van der Waals surface area contributed by atoms with Gasteiger partial charge in [-0.05, 0) is 74.2 Å². The first-order valence-corrected chi connectivity index (χ1v) is 15.3. The summed E-state index contributed by atoms with van der Waals surface area (Å²) in [6.07, 6.45) is 1.90. The van der Waals surface area contributed by atoms with Gasteiger partial charge in [0.25, 0.3) is 10.0 Å². The lowest BCUT2D eigenvalue weighted by Gasteiger charge is -2.32. The lowest BCUT2D eigenvalue weighted by atomic mass is 10.1. The molecule has 1 unspecified atom stereocenters. The third-order valence-electron chi connectivity index (χ3n) is 6.02. The van der Waals surface area contributed by atoms with E-state index in [0.717, 1.165) is 9.20 Å². The van der Waals surface area contributed by atoms with Crippen LogP contribution in [0.1, 0.15) is 19.4 Å². The summed E-state index contributed by atoms with van der Waals surface area (Å²) in [6.45, 7) is 3.18. The van der Waals surface area contributed by atoms with Crippen molar-refractivity contribution in [2.45, 2.75) is 36.2 Å². The van der Waals surface area contributed by atoms with Crippen LogP contribution in [0.3, 0.4) is 0 Å². The highest BCUT2D eigenvalue weighted by atomic mass is 35.5. The minimum atomic E-state index is -4.20. The fourth-order valence-corrected chi connectivity index (χ4v) is 6.00. The predicted octanol–water partition coefficient (Wildman–Crippen LogP) is 4.82. The number of sulfonamides is 1. The van der Waals surface area contributed by atoms with E-state index in [2.05, 4.69) is 5.32 Å². The molecule has 208 valence electrons. The van der Waals surface area contributed by atoms with Crippen molar-refractivity contribution in [2.75, 3.05) is 30.8 Å². The third kappa shape index (κ3) is 7.46. The molecule has 0 aliphatic rings. The average Bonchev–Trinajstić information content (AvgIpc) is 2.94. The van der Waals surface area contributed by atoms with Crippen molar-refractivity contribution in [2.24, 2.45) is 0 Å². The highest BCUT2D eigenvalue weighted by Gasteiger charge is 2.33. The summed E-state index contributed by atoms with van der Waals surface area (Å²) in [5.74, 6) is -0.637. The van der Waals surface area contributed by atoms with E-state index in [4.69, 9.17) is 16.3 Å². The maximum Gasteiger partial charge on any atom is 0.264 e. The monoisotopic (exact) mass is 589 g/mol. The van der Waals surface area contributed by atoms with Crippen LogP contribution in [0.5, 0.6) is 5.75 Å². The van der Waals surface area contributed by atoms with Crippen LogP contribution < -0.4 is 14.4 Å². The summed E-state index contributed by atoms with van der Waals surface area (Å²) in [5.41, 5.74) is 0.917. The molecule has 0 bridgehead atoms. The minimum Gasteiger partial charge on any atom is -0.492 e. The number of anilines is 1. The van der Waals surface area contributed by atoms with E-state index in [-0.39, 0.29) is 23.0 Å². The molecular formula is C28H32ClN3O5S2. The SMILES string of the molecule is CCOc1ccccc1N(CC(=O)N(Cc1cccc(Cl)c1)C(C)C(=O)NC)S(=O)(=O)c1ccc(SC)cc1. The van der Waals surface area contributed by atoms with E-state index in [1.54, 1.807) is 74.5 Å². The lowest BCUT2D eigenvalue weighted by Crippen LogP contribution is -2.50. The normalized spacial score (nSPS) is 11.9. The summed E-state index contributed by atoms with van der Waals surface area (Å²) < 4.78 is 34.8. The van der Waals surface area contributed by atoms with Crippen LogP contribution in [0, 0.1) is 0 Å². The lowest BCUT2D eigenvalue weighted by molar-refractivity contribution is -0.139. The molecule has 0 saturated carbocycles. The van der Waals surface area contributed by atoms with Gasteiger partial charge in [-0.3, -0.25) is 13.9 Å². The summed E-state index contributed by atoms with van der Waals surface area (Å²) in [5, 5.41) is 3.04. The minimum absolute atomic E-state index is 0.0279. The maximum atomic E-state index is 14.0. The van der Waals surface area contributed by atoms with Gasteiger partial charge in [0.1, 0.15) is 18.3 Å². The number of halogens is 1. The molecule has 0 spiro atoms. The quantitative estimate of drug-likeness (QED) is 0.304. The Morgan fingerprint density at radius 2 is 1.74 bits per heavy atom. The van der Waals surface area contributed by atoms with Gasteiger partial charge in [0.2, 0.25) is 11.8 Å². The zero-order chi connectivity index (χ0) is 28.6. The summed E-state index contributed by atoms with van der Waals surface area (Å²) in [7, 11) is -2.72. The molecule has 0 fully saturated rings. The molecule has 2 amide bonds. The van der Waals surface area contributed by atoms with Crippen molar-refractivity contribution in [1.82, 2.24) is 10.2 Å². The zero-order valence-corrected chi connectivity index (χ0v) is 24.6. The highest BCUT2D eigenvalue weighted by Crippen LogP contribution is 2.33. The maximum absolute atomic E-state index is 14.0. The Bertz CT molecular complexity index is 1400. The predicted molar refractivity (Wildman–Crippen MR) is 156 cm³/mol. The van der Waals surface area contributed by atoms with Gasteiger partial charge < -0.3 is 15.0 Å². The van der Waals surface area contributed by atoms with E-state index < -0.39 is 28.5 Å². The van der Waals surface area contributed by atoms with Gasteiger partial charge in [-0.15, -0.1) is 11.8 Å². The zero-order valence-electron chi connectivity index (χ0n) is 22.3. The fourth-order valence-electron chi connectivity index (χ4n) is 3.95. The molecule has 1 N–H and O–H groups in total. The van der Waals surface area contributed by atoms with Crippen molar-refractivity contribution in [3.05, 3.63) is 83.4 Å². The second-order valence-electron chi connectivity index (χ2n) is 8.53. The van der Waals surface area contributed by atoms with Gasteiger partial charge in [0.05, 0.1) is 17.2 Å². The van der Waals surface area contributed by atoms with Crippen LogP contribution in [0.4, 0.5) is 5.69 Å². The number of amides is 2. The summed E-state index contributed by atoms with van der Waals surface area (Å²) in [6, 6.07) is 19.2. The summed E-state index contributed by atoms with van der Waals surface area (Å²) in [4.78, 5) is 28.8. The molecule has 3 rings (SSSR count). The first-order chi connectivity index (χ1) is 18.6. The number of nitrogens with one attached hydrogen (secondary N) is 1. The van der Waals surface area contributed by atoms with Crippen molar-refractivity contribution in [3.8, 4) is 5.75 Å². The van der Waals surface area contributed by atoms with Gasteiger partial charge in [-0.25, -0.2) is 8.42 Å². The number of rotatable bonds is 12. The Morgan fingerprint density at radius 3 is 2.36 bits per heavy atom. The van der Waals surface area contributed by atoms with Crippen molar-refractivity contribution < 1.29 is 22.7 Å². The molecule has 0 aliphatic heterocycles. The second kappa shape index (κ2) is 13.7. The van der Waals surface area contributed by atoms with E-state index in [1.807, 2.05) is 6.26 Å². The third-order valence-corrected chi connectivity index (χ3v) is 8.77. The van der Waals surface area contributed by atoms with E-state index in [9.17, 15) is 18.0 Å². The fraction of sp³-hybridized carbons (Fsp3) is 0.286. The molecule has 1 atom stereocenters. The first kappa shape index (κ1) is 30.3. The molecule has 3 aromatic rings. The molecule has 0 aliphatic carbocycles. The molecule has 0 saturated heterocycles. The molecule has 0 radical (unpaired) electrons. The van der Waals surface area contributed by atoms with Gasteiger partial charge in [-0.1, -0.05) is 35.9 Å². The molecular weight excluding hydrogens is 558 g/mol. The number of carbonyl (C=O) groups excluding carboxylic acids is 2. The summed E-state index contributed by atoms with van der Waals surface area (Å²) >= 11 is 7.64. The number of carbonyl (C=O) groups is 2. The number of para-hydroxylation sites is 2.